The molecule has 1 N–H and O–H groups in total. The molecule has 3 nitrogen and oxygen atoms in total. The van der Waals surface area contributed by atoms with Crippen molar-refractivity contribution in [3.05, 3.63) is 35.4 Å². The van der Waals surface area contributed by atoms with E-state index in [0.29, 0.717) is 10.7 Å². The van der Waals surface area contributed by atoms with Gasteiger partial charge in [-0.25, -0.2) is 0 Å². The van der Waals surface area contributed by atoms with Crippen molar-refractivity contribution in [2.45, 2.75) is 20.8 Å². The van der Waals surface area contributed by atoms with Gasteiger partial charge in [0.1, 0.15) is 0 Å². The number of rotatable bonds is 3. The average Bonchev–Trinajstić information content (AvgIpc) is 2.30. The Balaban J connectivity index is 2.70. The van der Waals surface area contributed by atoms with Crippen molar-refractivity contribution >= 4 is 23.2 Å². The van der Waals surface area contributed by atoms with Crippen LogP contribution in [0.4, 0.5) is 0 Å². The molecule has 0 aliphatic carbocycles. The van der Waals surface area contributed by atoms with Crippen LogP contribution < -0.4 is 5.32 Å². The highest BCUT2D eigenvalue weighted by Gasteiger charge is 2.11. The summed E-state index contributed by atoms with van der Waals surface area (Å²) < 4.78 is 0. The van der Waals surface area contributed by atoms with Crippen LogP contribution in [0.2, 0.25) is 0 Å². The molecule has 4 heteroatoms. The number of benzene rings is 1. The van der Waals surface area contributed by atoms with Crippen LogP contribution in [0.25, 0.3) is 0 Å². The Morgan fingerprint density at radius 1 is 1.35 bits per heavy atom. The van der Waals surface area contributed by atoms with Crippen LogP contribution in [0.15, 0.2) is 24.3 Å². The molecule has 0 saturated heterocycles. The fourth-order valence-electron chi connectivity index (χ4n) is 1.55. The fraction of sp³-hybridized carbons (Fsp3) is 0.385. The van der Waals surface area contributed by atoms with E-state index in [1.54, 1.807) is 6.07 Å². The Labute approximate surface area is 108 Å². The summed E-state index contributed by atoms with van der Waals surface area (Å²) in [6, 6.07) is 7.46. The molecule has 0 unspecified atom stereocenters. The van der Waals surface area contributed by atoms with E-state index in [1.165, 1.54) is 0 Å². The average molecular weight is 250 g/mol. The van der Waals surface area contributed by atoms with E-state index >= 15 is 0 Å². The van der Waals surface area contributed by atoms with E-state index in [1.807, 2.05) is 43.9 Å². The molecule has 0 radical (unpaired) electrons. The van der Waals surface area contributed by atoms with Gasteiger partial charge in [0.15, 0.2) is 5.11 Å². The Kier molecular flexibility index (Phi) is 5.10. The summed E-state index contributed by atoms with van der Waals surface area (Å²) in [6.45, 7) is 7.57. The first-order valence-electron chi connectivity index (χ1n) is 5.75. The van der Waals surface area contributed by atoms with E-state index in [-0.39, 0.29) is 5.91 Å². The number of nitrogens with zero attached hydrogens (tertiary/aromatic N) is 1. The summed E-state index contributed by atoms with van der Waals surface area (Å²) in [7, 11) is 0. The van der Waals surface area contributed by atoms with Crippen molar-refractivity contribution in [3.8, 4) is 0 Å². The largest absolute Gasteiger partial charge is 0.350 e. The number of carbonyl (C=O) groups excluding carboxylic acids is 1. The van der Waals surface area contributed by atoms with Crippen molar-refractivity contribution in [1.29, 1.82) is 0 Å². The minimum absolute atomic E-state index is 0.148. The maximum atomic E-state index is 11.9. The summed E-state index contributed by atoms with van der Waals surface area (Å²) in [4.78, 5) is 13.9. The van der Waals surface area contributed by atoms with Gasteiger partial charge in [-0.15, -0.1) is 0 Å². The number of hydrogen-bond acceptors (Lipinski definition) is 2. The van der Waals surface area contributed by atoms with E-state index in [9.17, 15) is 4.79 Å². The van der Waals surface area contributed by atoms with E-state index in [2.05, 4.69) is 5.32 Å². The Morgan fingerprint density at radius 2 is 2.00 bits per heavy atom. The third kappa shape index (κ3) is 3.82. The van der Waals surface area contributed by atoms with E-state index in [0.717, 1.165) is 18.7 Å². The number of aryl methyl sites for hydroxylation is 1. The van der Waals surface area contributed by atoms with Gasteiger partial charge in [-0.1, -0.05) is 17.7 Å². The zero-order valence-electron chi connectivity index (χ0n) is 10.5. The molecule has 0 heterocycles. The highest BCUT2D eigenvalue weighted by molar-refractivity contribution is 7.80. The van der Waals surface area contributed by atoms with Gasteiger partial charge < -0.3 is 4.90 Å². The van der Waals surface area contributed by atoms with Gasteiger partial charge in [-0.2, -0.15) is 0 Å². The summed E-state index contributed by atoms with van der Waals surface area (Å²) in [5, 5.41) is 3.23. The van der Waals surface area contributed by atoms with Gasteiger partial charge in [-0.05, 0) is 45.1 Å². The number of thiocarbonyl (C=S) groups is 1. The Morgan fingerprint density at radius 3 is 2.53 bits per heavy atom. The second kappa shape index (κ2) is 6.35. The highest BCUT2D eigenvalue weighted by atomic mass is 32.1. The third-order valence-electron chi connectivity index (χ3n) is 2.55. The number of nitrogens with one attached hydrogen (secondary N) is 1. The second-order valence-electron chi connectivity index (χ2n) is 3.80. The normalized spacial score (nSPS) is 9.82. The molecule has 0 spiro atoms. The summed E-state index contributed by atoms with van der Waals surface area (Å²) in [5.41, 5.74) is 1.70. The molecule has 0 bridgehead atoms. The topological polar surface area (TPSA) is 32.3 Å². The first-order valence-corrected chi connectivity index (χ1v) is 6.16. The molecule has 0 aromatic heterocycles. The lowest BCUT2D eigenvalue weighted by molar-refractivity contribution is 0.0973. The maximum Gasteiger partial charge on any atom is 0.257 e. The van der Waals surface area contributed by atoms with Crippen LogP contribution in [0, 0.1) is 6.92 Å². The Hall–Kier alpha value is -1.42. The van der Waals surface area contributed by atoms with Crippen molar-refractivity contribution in [2.24, 2.45) is 0 Å². The summed E-state index contributed by atoms with van der Waals surface area (Å²) in [5.74, 6) is -0.148. The summed E-state index contributed by atoms with van der Waals surface area (Å²) >= 11 is 5.18. The minimum Gasteiger partial charge on any atom is -0.350 e. The van der Waals surface area contributed by atoms with Gasteiger partial charge in [0, 0.05) is 18.7 Å². The van der Waals surface area contributed by atoms with Crippen LogP contribution >= 0.6 is 12.2 Å². The van der Waals surface area contributed by atoms with Crippen molar-refractivity contribution in [1.82, 2.24) is 10.2 Å². The molecule has 0 atom stereocenters. The molecule has 1 aromatic carbocycles. The SMILES string of the molecule is CCN(CC)C(=S)NC(=O)c1cccc(C)c1. The molecule has 92 valence electrons. The number of amides is 1. The molecule has 1 aromatic rings. The first-order chi connectivity index (χ1) is 8.08. The van der Waals surface area contributed by atoms with Gasteiger partial charge in [0.25, 0.3) is 5.91 Å². The molecular weight excluding hydrogens is 232 g/mol. The van der Waals surface area contributed by atoms with Crippen molar-refractivity contribution in [3.63, 3.8) is 0 Å². The predicted octanol–water partition coefficient (Wildman–Crippen LogP) is 2.35. The molecule has 0 aliphatic rings. The lowest BCUT2D eigenvalue weighted by Crippen LogP contribution is -2.42. The minimum atomic E-state index is -0.148. The highest BCUT2D eigenvalue weighted by Crippen LogP contribution is 2.04. The van der Waals surface area contributed by atoms with Crippen molar-refractivity contribution in [2.75, 3.05) is 13.1 Å². The van der Waals surface area contributed by atoms with Crippen LogP contribution in [0.3, 0.4) is 0 Å². The van der Waals surface area contributed by atoms with Crippen LogP contribution in [-0.2, 0) is 0 Å². The lowest BCUT2D eigenvalue weighted by atomic mass is 10.1. The maximum absolute atomic E-state index is 11.9. The zero-order valence-corrected chi connectivity index (χ0v) is 11.3. The standard InChI is InChI=1S/C13H18N2OS/c1-4-15(5-2)13(17)14-12(16)11-8-6-7-10(3)9-11/h6-9H,4-5H2,1-3H3,(H,14,16,17). The van der Waals surface area contributed by atoms with E-state index < -0.39 is 0 Å². The summed E-state index contributed by atoms with van der Waals surface area (Å²) in [6.07, 6.45) is 0. The predicted molar refractivity (Wildman–Crippen MR) is 74.2 cm³/mol. The van der Waals surface area contributed by atoms with Crippen LogP contribution in [0.1, 0.15) is 29.8 Å². The second-order valence-corrected chi connectivity index (χ2v) is 4.19. The van der Waals surface area contributed by atoms with Gasteiger partial charge in [-0.3, -0.25) is 10.1 Å². The molecule has 1 amide bonds. The lowest BCUT2D eigenvalue weighted by Gasteiger charge is -2.21. The molecule has 1 rings (SSSR count). The van der Waals surface area contributed by atoms with Crippen LogP contribution in [0.5, 0.6) is 0 Å². The van der Waals surface area contributed by atoms with Crippen molar-refractivity contribution < 1.29 is 4.79 Å². The fourth-order valence-corrected chi connectivity index (χ4v) is 1.90. The molecule has 17 heavy (non-hydrogen) atoms. The number of hydrogen-bond donors (Lipinski definition) is 1. The molecule has 0 saturated carbocycles. The quantitative estimate of drug-likeness (QED) is 0.836. The Bertz CT molecular complexity index is 414. The molecule has 0 aliphatic heterocycles. The third-order valence-corrected chi connectivity index (χ3v) is 2.91. The smallest absolute Gasteiger partial charge is 0.257 e. The zero-order chi connectivity index (χ0) is 12.8. The molecular formula is C13H18N2OS. The molecule has 0 fully saturated rings. The van der Waals surface area contributed by atoms with Crippen LogP contribution in [-0.4, -0.2) is 29.0 Å². The van der Waals surface area contributed by atoms with Gasteiger partial charge >= 0.3 is 0 Å². The van der Waals surface area contributed by atoms with E-state index in [4.69, 9.17) is 12.2 Å². The monoisotopic (exact) mass is 250 g/mol. The van der Waals surface area contributed by atoms with Gasteiger partial charge in [0.05, 0.1) is 0 Å². The van der Waals surface area contributed by atoms with Gasteiger partial charge in [0.2, 0.25) is 0 Å². The number of carbonyl (C=O) groups is 1. The first kappa shape index (κ1) is 13.6.